The summed E-state index contributed by atoms with van der Waals surface area (Å²) in [5, 5.41) is 0. The molecule has 10 heteroatoms. The second-order valence-corrected chi connectivity index (χ2v) is 4.40. The minimum absolute atomic E-state index is 0.208. The standard InChI is InChI=1S/C9H11F7N2O/c1-17-2-4-18(5-3-17)6(19)7(10,11)8(12,13)9(14,15)16/h2-5H2,1H3/p+1. The fourth-order valence-electron chi connectivity index (χ4n) is 1.60. The third kappa shape index (κ3) is 2.77. The molecule has 0 aromatic heterocycles. The Bertz CT molecular complexity index is 347. The quantitative estimate of drug-likeness (QED) is 0.723. The fourth-order valence-corrected chi connectivity index (χ4v) is 1.60. The van der Waals surface area contributed by atoms with Crippen molar-refractivity contribution in [2.75, 3.05) is 33.2 Å². The van der Waals surface area contributed by atoms with E-state index in [9.17, 15) is 35.5 Å². The van der Waals surface area contributed by atoms with Gasteiger partial charge in [-0.2, -0.15) is 30.7 Å². The zero-order valence-electron chi connectivity index (χ0n) is 9.83. The van der Waals surface area contributed by atoms with Crippen LogP contribution < -0.4 is 4.90 Å². The van der Waals surface area contributed by atoms with Crippen molar-refractivity contribution < 1.29 is 40.4 Å². The van der Waals surface area contributed by atoms with Gasteiger partial charge in [0.1, 0.15) is 0 Å². The van der Waals surface area contributed by atoms with Crippen LogP contribution in [0.4, 0.5) is 30.7 Å². The Kier molecular flexibility index (Phi) is 4.04. The monoisotopic (exact) mass is 297 g/mol. The van der Waals surface area contributed by atoms with Crippen LogP contribution in [0, 0.1) is 0 Å². The van der Waals surface area contributed by atoms with Crippen LogP contribution in [-0.2, 0) is 4.79 Å². The van der Waals surface area contributed by atoms with Gasteiger partial charge in [0, 0.05) is 0 Å². The van der Waals surface area contributed by atoms with E-state index in [4.69, 9.17) is 0 Å². The molecule has 1 N–H and O–H groups in total. The fraction of sp³-hybridized carbons (Fsp3) is 0.889. The number of carbonyl (C=O) groups excluding carboxylic acids is 1. The van der Waals surface area contributed by atoms with Gasteiger partial charge in [0.15, 0.2) is 0 Å². The third-order valence-corrected chi connectivity index (χ3v) is 2.92. The molecule has 0 aromatic rings. The lowest BCUT2D eigenvalue weighted by Crippen LogP contribution is -3.12. The van der Waals surface area contributed by atoms with Crippen molar-refractivity contribution in [1.29, 1.82) is 0 Å². The van der Waals surface area contributed by atoms with Gasteiger partial charge in [0.05, 0.1) is 33.2 Å². The lowest BCUT2D eigenvalue weighted by atomic mass is 10.1. The highest BCUT2D eigenvalue weighted by Crippen LogP contribution is 2.47. The van der Waals surface area contributed by atoms with Gasteiger partial charge in [-0.15, -0.1) is 0 Å². The zero-order valence-corrected chi connectivity index (χ0v) is 9.83. The van der Waals surface area contributed by atoms with E-state index in [2.05, 4.69) is 0 Å². The lowest BCUT2D eigenvalue weighted by molar-refractivity contribution is -0.883. The van der Waals surface area contributed by atoms with Crippen LogP contribution in [-0.4, -0.2) is 62.1 Å². The first-order valence-corrected chi connectivity index (χ1v) is 5.34. The van der Waals surface area contributed by atoms with Crippen molar-refractivity contribution in [2.45, 2.75) is 18.0 Å². The van der Waals surface area contributed by atoms with Crippen molar-refractivity contribution in [1.82, 2.24) is 4.90 Å². The number of likely N-dealkylation sites (N-methyl/N-ethyl adjacent to an activating group) is 1. The summed E-state index contributed by atoms with van der Waals surface area (Å²) in [7, 11) is 1.68. The summed E-state index contributed by atoms with van der Waals surface area (Å²) in [4.78, 5) is 12.4. The molecule has 0 saturated carbocycles. The number of nitrogens with one attached hydrogen (secondary N) is 1. The summed E-state index contributed by atoms with van der Waals surface area (Å²) in [6.45, 7) is -0.152. The molecule has 0 atom stereocenters. The van der Waals surface area contributed by atoms with Gasteiger partial charge in [0.2, 0.25) is 0 Å². The Hall–Kier alpha value is -1.06. The third-order valence-electron chi connectivity index (χ3n) is 2.92. The van der Waals surface area contributed by atoms with Crippen LogP contribution in [0.1, 0.15) is 0 Å². The summed E-state index contributed by atoms with van der Waals surface area (Å²) < 4.78 is 87.3. The molecule has 1 amide bonds. The van der Waals surface area contributed by atoms with Gasteiger partial charge in [0.25, 0.3) is 5.91 Å². The van der Waals surface area contributed by atoms with E-state index in [1.165, 1.54) is 0 Å². The Labute approximate surface area is 103 Å². The predicted octanol–water partition coefficient (Wildman–Crippen LogP) is 0.176. The van der Waals surface area contributed by atoms with Crippen LogP contribution in [0.3, 0.4) is 0 Å². The summed E-state index contributed by atoms with van der Waals surface area (Å²) in [5.41, 5.74) is 0. The van der Waals surface area contributed by atoms with Crippen molar-refractivity contribution in [3.8, 4) is 0 Å². The molecule has 1 aliphatic rings. The second-order valence-electron chi connectivity index (χ2n) is 4.40. The number of nitrogens with zero attached hydrogens (tertiary/aromatic N) is 1. The highest BCUT2D eigenvalue weighted by molar-refractivity contribution is 5.85. The maximum atomic E-state index is 13.1. The second kappa shape index (κ2) is 4.80. The molecule has 112 valence electrons. The topological polar surface area (TPSA) is 24.8 Å². The van der Waals surface area contributed by atoms with E-state index in [0.717, 1.165) is 4.90 Å². The molecule has 0 radical (unpaired) electrons. The molecule has 3 nitrogen and oxygen atoms in total. The van der Waals surface area contributed by atoms with Crippen molar-refractivity contribution in [3.63, 3.8) is 0 Å². The number of hydrogen-bond donors (Lipinski definition) is 1. The minimum Gasteiger partial charge on any atom is -0.334 e. The van der Waals surface area contributed by atoms with E-state index in [-0.39, 0.29) is 26.2 Å². The van der Waals surface area contributed by atoms with E-state index in [1.54, 1.807) is 7.05 Å². The van der Waals surface area contributed by atoms with E-state index in [0.29, 0.717) is 4.90 Å². The molecule has 1 fully saturated rings. The number of quaternary nitrogens is 1. The Morgan fingerprint density at radius 3 is 1.79 bits per heavy atom. The molecule has 1 rings (SSSR count). The number of rotatable bonds is 2. The van der Waals surface area contributed by atoms with E-state index >= 15 is 0 Å². The molecular formula is C9H12F7N2O+. The summed E-state index contributed by atoms with van der Waals surface area (Å²) in [6.07, 6.45) is -6.48. The first-order chi connectivity index (χ1) is 8.41. The number of alkyl halides is 7. The van der Waals surface area contributed by atoms with Gasteiger partial charge in [-0.25, -0.2) is 0 Å². The maximum Gasteiger partial charge on any atom is 0.460 e. The normalized spacial score (nSPS) is 19.7. The molecule has 0 spiro atoms. The summed E-state index contributed by atoms with van der Waals surface area (Å²) >= 11 is 0. The van der Waals surface area contributed by atoms with Crippen LogP contribution in [0.2, 0.25) is 0 Å². The molecular weight excluding hydrogens is 285 g/mol. The highest BCUT2D eigenvalue weighted by atomic mass is 19.4. The Balaban J connectivity index is 2.91. The summed E-state index contributed by atoms with van der Waals surface area (Å²) in [6, 6.07) is 0. The van der Waals surface area contributed by atoms with Crippen molar-refractivity contribution in [3.05, 3.63) is 0 Å². The largest absolute Gasteiger partial charge is 0.460 e. The van der Waals surface area contributed by atoms with Crippen LogP contribution in [0.15, 0.2) is 0 Å². The lowest BCUT2D eigenvalue weighted by Gasteiger charge is -2.34. The van der Waals surface area contributed by atoms with E-state index in [1.807, 2.05) is 0 Å². The number of amides is 1. The number of halogens is 7. The number of carbonyl (C=O) groups is 1. The average molecular weight is 297 g/mol. The van der Waals surface area contributed by atoms with Gasteiger partial charge in [-0.05, 0) is 0 Å². The van der Waals surface area contributed by atoms with Crippen LogP contribution in [0.25, 0.3) is 0 Å². The van der Waals surface area contributed by atoms with Crippen molar-refractivity contribution in [2.24, 2.45) is 0 Å². The molecule has 1 aliphatic heterocycles. The van der Waals surface area contributed by atoms with Crippen molar-refractivity contribution >= 4 is 5.91 Å². The average Bonchev–Trinajstić information content (AvgIpc) is 2.27. The highest BCUT2D eigenvalue weighted by Gasteiger charge is 2.76. The molecule has 1 saturated heterocycles. The summed E-state index contributed by atoms with van der Waals surface area (Å²) in [5.74, 6) is -14.7. The van der Waals surface area contributed by atoms with Gasteiger partial charge in [-0.1, -0.05) is 0 Å². The molecule has 0 bridgehead atoms. The van der Waals surface area contributed by atoms with Crippen LogP contribution in [0.5, 0.6) is 0 Å². The Morgan fingerprint density at radius 1 is 1.00 bits per heavy atom. The molecule has 19 heavy (non-hydrogen) atoms. The van der Waals surface area contributed by atoms with Gasteiger partial charge >= 0.3 is 18.0 Å². The number of hydrogen-bond acceptors (Lipinski definition) is 1. The zero-order chi connectivity index (χ0) is 15.1. The molecule has 0 aromatic carbocycles. The maximum absolute atomic E-state index is 13.1. The number of piperazine rings is 1. The minimum atomic E-state index is -6.48. The molecule has 1 heterocycles. The SMILES string of the molecule is C[NH+]1CCN(C(=O)C(F)(F)C(F)(F)C(F)(F)F)CC1. The smallest absolute Gasteiger partial charge is 0.334 e. The molecule has 0 aliphatic carbocycles. The van der Waals surface area contributed by atoms with Crippen LogP contribution >= 0.6 is 0 Å². The van der Waals surface area contributed by atoms with E-state index < -0.39 is 23.9 Å². The predicted molar refractivity (Wildman–Crippen MR) is 49.1 cm³/mol. The van der Waals surface area contributed by atoms with Gasteiger partial charge < -0.3 is 9.80 Å². The van der Waals surface area contributed by atoms with Gasteiger partial charge in [-0.3, -0.25) is 4.79 Å². The molecule has 0 unspecified atom stereocenters. The first kappa shape index (κ1) is 16.0. The Morgan fingerprint density at radius 2 is 1.42 bits per heavy atom. The first-order valence-electron chi connectivity index (χ1n) is 5.34.